The van der Waals surface area contributed by atoms with E-state index in [-0.39, 0.29) is 11.9 Å². The van der Waals surface area contributed by atoms with E-state index in [0.29, 0.717) is 11.3 Å². The Bertz CT molecular complexity index is 1310. The van der Waals surface area contributed by atoms with Crippen molar-refractivity contribution < 1.29 is 14.3 Å². The van der Waals surface area contributed by atoms with Crippen molar-refractivity contribution >= 4 is 32.7 Å². The highest BCUT2D eigenvalue weighted by Gasteiger charge is 2.25. The number of carbonyl (C=O) groups excluding carboxylic acids is 1. The number of rotatable bonds is 6. The molecule has 1 N–H and O–H groups in total. The number of ether oxygens (including phenoxy) is 2. The number of nitrogens with one attached hydrogen (secondary N) is 1. The van der Waals surface area contributed by atoms with E-state index in [1.807, 2.05) is 54.1 Å². The second kappa shape index (κ2) is 9.34. The third kappa shape index (κ3) is 4.31. The molecule has 1 aliphatic heterocycles. The molecule has 176 valence electrons. The van der Waals surface area contributed by atoms with Crippen LogP contribution in [-0.4, -0.2) is 54.0 Å². The van der Waals surface area contributed by atoms with Crippen LogP contribution in [0.2, 0.25) is 0 Å². The first-order valence-electron chi connectivity index (χ1n) is 11.3. The molecule has 0 spiro atoms. The molecule has 8 nitrogen and oxygen atoms in total. The molecule has 5 rings (SSSR count). The highest BCUT2D eigenvalue weighted by Crippen LogP contribution is 2.34. The topological polar surface area (TPSA) is 81.5 Å². The van der Waals surface area contributed by atoms with Crippen LogP contribution in [0, 0.1) is 6.92 Å². The molecular weight excluding hydrogens is 450 g/mol. The summed E-state index contributed by atoms with van der Waals surface area (Å²) in [6.45, 7) is 3.70. The predicted molar refractivity (Wildman–Crippen MR) is 134 cm³/mol. The van der Waals surface area contributed by atoms with Crippen LogP contribution in [0.5, 0.6) is 11.5 Å². The van der Waals surface area contributed by atoms with Gasteiger partial charge in [0.15, 0.2) is 10.8 Å². The molecule has 0 bridgehead atoms. The fourth-order valence-electron chi connectivity index (χ4n) is 4.21. The molecule has 2 aromatic carbocycles. The van der Waals surface area contributed by atoms with Gasteiger partial charge in [-0.1, -0.05) is 17.4 Å². The zero-order chi connectivity index (χ0) is 23.7. The minimum atomic E-state index is -0.0625. The number of methoxy groups -OCH3 is 2. The van der Waals surface area contributed by atoms with Crippen LogP contribution in [0.3, 0.4) is 0 Å². The number of carbonyl (C=O) groups is 1. The van der Waals surface area contributed by atoms with Gasteiger partial charge in [0.1, 0.15) is 11.5 Å². The van der Waals surface area contributed by atoms with Crippen LogP contribution in [0.25, 0.3) is 16.0 Å². The summed E-state index contributed by atoms with van der Waals surface area (Å²) in [6.07, 6.45) is 1.74. The Kier molecular flexibility index (Phi) is 6.10. The minimum Gasteiger partial charge on any atom is -0.497 e. The maximum Gasteiger partial charge on any atom is 0.251 e. The number of piperidine rings is 1. The van der Waals surface area contributed by atoms with E-state index >= 15 is 0 Å². The number of nitrogens with zero attached hydrogens (tertiary/aromatic N) is 4. The summed E-state index contributed by atoms with van der Waals surface area (Å²) in [4.78, 5) is 19.9. The average molecular weight is 478 g/mol. The van der Waals surface area contributed by atoms with E-state index < -0.39 is 0 Å². The maximum absolute atomic E-state index is 12.7. The number of fused-ring (bicyclic) bond motifs is 1. The molecule has 1 saturated heterocycles. The van der Waals surface area contributed by atoms with Gasteiger partial charge < -0.3 is 19.7 Å². The quantitative estimate of drug-likeness (QED) is 0.448. The van der Waals surface area contributed by atoms with E-state index in [0.717, 1.165) is 58.5 Å². The highest BCUT2D eigenvalue weighted by molar-refractivity contribution is 7.22. The Labute approximate surface area is 202 Å². The minimum absolute atomic E-state index is 0.0625. The number of aromatic nitrogens is 3. The van der Waals surface area contributed by atoms with E-state index in [4.69, 9.17) is 19.6 Å². The van der Waals surface area contributed by atoms with Crippen molar-refractivity contribution in [2.45, 2.75) is 25.8 Å². The molecule has 0 aliphatic carbocycles. The molecule has 0 atom stereocenters. The summed E-state index contributed by atoms with van der Waals surface area (Å²) in [7, 11) is 3.26. The van der Waals surface area contributed by atoms with E-state index in [2.05, 4.69) is 10.2 Å². The van der Waals surface area contributed by atoms with Crippen LogP contribution < -0.4 is 19.7 Å². The van der Waals surface area contributed by atoms with Crippen LogP contribution in [0.4, 0.5) is 5.13 Å². The number of thiazole rings is 1. The molecule has 34 heavy (non-hydrogen) atoms. The molecule has 2 aromatic heterocycles. The fourth-order valence-corrected chi connectivity index (χ4v) is 5.25. The van der Waals surface area contributed by atoms with Crippen molar-refractivity contribution in [2.24, 2.45) is 0 Å². The van der Waals surface area contributed by atoms with Crippen molar-refractivity contribution in [2.75, 3.05) is 32.2 Å². The van der Waals surface area contributed by atoms with Gasteiger partial charge in [-0.15, -0.1) is 0 Å². The third-order valence-electron chi connectivity index (χ3n) is 6.13. The van der Waals surface area contributed by atoms with Gasteiger partial charge in [-0.2, -0.15) is 10.1 Å². The molecular formula is C25H27N5O3S. The molecule has 1 fully saturated rings. The van der Waals surface area contributed by atoms with E-state index in [9.17, 15) is 4.79 Å². The summed E-state index contributed by atoms with van der Waals surface area (Å²) in [5, 5.41) is 8.86. The summed E-state index contributed by atoms with van der Waals surface area (Å²) in [6, 6.07) is 15.2. The zero-order valence-corrected chi connectivity index (χ0v) is 20.3. The van der Waals surface area contributed by atoms with Gasteiger partial charge in [0.2, 0.25) is 0 Å². The molecule has 3 heterocycles. The van der Waals surface area contributed by atoms with E-state index in [1.54, 1.807) is 31.6 Å². The van der Waals surface area contributed by atoms with Crippen molar-refractivity contribution in [1.29, 1.82) is 0 Å². The summed E-state index contributed by atoms with van der Waals surface area (Å²) < 4.78 is 13.5. The van der Waals surface area contributed by atoms with Gasteiger partial charge in [-0.25, -0.2) is 4.68 Å². The van der Waals surface area contributed by atoms with Crippen molar-refractivity contribution in [3.8, 4) is 17.2 Å². The van der Waals surface area contributed by atoms with Gasteiger partial charge >= 0.3 is 0 Å². The third-order valence-corrected chi connectivity index (χ3v) is 7.34. The number of hydrogen-bond acceptors (Lipinski definition) is 7. The Morgan fingerprint density at radius 1 is 1.06 bits per heavy atom. The SMILES string of the molecule is COc1ccc(-n2nc(C)c3sc(N4CCC(NC(=O)c5cccc(OC)c5)CC4)nc32)cc1. The molecule has 0 radical (unpaired) electrons. The summed E-state index contributed by atoms with van der Waals surface area (Å²) in [5.41, 5.74) is 3.41. The van der Waals surface area contributed by atoms with Gasteiger partial charge in [0.05, 0.1) is 30.3 Å². The molecule has 1 amide bonds. The number of aryl methyl sites for hydroxylation is 1. The lowest BCUT2D eigenvalue weighted by Gasteiger charge is -2.32. The van der Waals surface area contributed by atoms with Gasteiger partial charge in [0.25, 0.3) is 5.91 Å². The Morgan fingerprint density at radius 2 is 1.79 bits per heavy atom. The van der Waals surface area contributed by atoms with Crippen LogP contribution in [0.1, 0.15) is 28.9 Å². The lowest BCUT2D eigenvalue weighted by molar-refractivity contribution is 0.0930. The van der Waals surface area contributed by atoms with Gasteiger partial charge in [-0.3, -0.25) is 4.79 Å². The lowest BCUT2D eigenvalue weighted by atomic mass is 10.0. The zero-order valence-electron chi connectivity index (χ0n) is 19.4. The number of anilines is 1. The first-order chi connectivity index (χ1) is 16.6. The monoisotopic (exact) mass is 477 g/mol. The Hall–Kier alpha value is -3.59. The normalized spacial score (nSPS) is 14.4. The fraction of sp³-hybridized carbons (Fsp3) is 0.320. The summed E-state index contributed by atoms with van der Waals surface area (Å²) >= 11 is 1.68. The van der Waals surface area contributed by atoms with Crippen molar-refractivity contribution in [3.63, 3.8) is 0 Å². The first kappa shape index (κ1) is 22.2. The van der Waals surface area contributed by atoms with Crippen molar-refractivity contribution in [1.82, 2.24) is 20.1 Å². The molecule has 4 aromatic rings. The Balaban J connectivity index is 1.27. The van der Waals surface area contributed by atoms with Crippen LogP contribution in [0.15, 0.2) is 48.5 Å². The first-order valence-corrected chi connectivity index (χ1v) is 12.1. The molecule has 0 unspecified atom stereocenters. The second-order valence-corrected chi connectivity index (χ2v) is 9.29. The predicted octanol–water partition coefficient (Wildman–Crippen LogP) is 4.21. The maximum atomic E-state index is 12.7. The molecule has 0 saturated carbocycles. The molecule has 9 heteroatoms. The molecule has 1 aliphatic rings. The number of amides is 1. The van der Waals surface area contributed by atoms with Gasteiger partial charge in [0, 0.05) is 24.7 Å². The lowest BCUT2D eigenvalue weighted by Crippen LogP contribution is -2.44. The van der Waals surface area contributed by atoms with Crippen molar-refractivity contribution in [3.05, 3.63) is 59.8 Å². The number of benzene rings is 2. The average Bonchev–Trinajstić information content (AvgIpc) is 3.45. The van der Waals surface area contributed by atoms with Crippen LogP contribution in [-0.2, 0) is 0 Å². The summed E-state index contributed by atoms with van der Waals surface area (Å²) in [5.74, 6) is 1.43. The second-order valence-electron chi connectivity index (χ2n) is 8.31. The highest BCUT2D eigenvalue weighted by atomic mass is 32.1. The smallest absolute Gasteiger partial charge is 0.251 e. The standard InChI is InChI=1S/C25H27N5O3S/c1-16-22-23(30(28-16)19-7-9-20(32-2)10-8-19)27-25(34-22)29-13-11-18(12-14-29)26-24(31)17-5-4-6-21(15-17)33-3/h4-10,15,18H,11-14H2,1-3H3,(H,26,31). The number of hydrogen-bond donors (Lipinski definition) is 1. The Morgan fingerprint density at radius 3 is 2.50 bits per heavy atom. The largest absolute Gasteiger partial charge is 0.497 e. The van der Waals surface area contributed by atoms with Crippen LogP contribution >= 0.6 is 11.3 Å². The van der Waals surface area contributed by atoms with E-state index in [1.165, 1.54) is 0 Å². The van der Waals surface area contributed by atoms with Gasteiger partial charge in [-0.05, 0) is 62.2 Å².